The highest BCUT2D eigenvalue weighted by atomic mass is 16.3. The normalized spacial score (nSPS) is 14.6. The number of hydrogen-bond donors (Lipinski definition) is 2. The van der Waals surface area contributed by atoms with Crippen molar-refractivity contribution in [3.05, 3.63) is 17.6 Å². The van der Waals surface area contributed by atoms with E-state index in [9.17, 15) is 4.79 Å². The Bertz CT molecular complexity index is 670. The van der Waals surface area contributed by atoms with E-state index in [2.05, 4.69) is 15.2 Å². The Labute approximate surface area is 121 Å². The predicted molar refractivity (Wildman–Crippen MR) is 74.2 cm³/mol. The fourth-order valence-corrected chi connectivity index (χ4v) is 2.41. The zero-order valence-electron chi connectivity index (χ0n) is 11.9. The molecule has 1 amide bonds. The Morgan fingerprint density at radius 3 is 2.86 bits per heavy atom. The molecule has 21 heavy (non-hydrogen) atoms. The molecule has 0 aliphatic heterocycles. The largest absolute Gasteiger partial charge is 0.394 e. The molecule has 3 N–H and O–H groups in total. The SMILES string of the molecule is Cn1nc(-c2nc(CC(N)=O)nn2CCO)cc1C1CC1. The number of primary amides is 1. The number of amides is 1. The van der Waals surface area contributed by atoms with Crippen molar-refractivity contribution in [1.29, 1.82) is 0 Å². The monoisotopic (exact) mass is 290 g/mol. The highest BCUT2D eigenvalue weighted by Crippen LogP contribution is 2.40. The first-order chi connectivity index (χ1) is 10.1. The second-order valence-corrected chi connectivity index (χ2v) is 5.29. The van der Waals surface area contributed by atoms with Gasteiger partial charge in [-0.3, -0.25) is 9.48 Å². The van der Waals surface area contributed by atoms with E-state index in [1.807, 2.05) is 17.8 Å². The Balaban J connectivity index is 1.97. The maximum atomic E-state index is 11.0. The van der Waals surface area contributed by atoms with E-state index in [4.69, 9.17) is 10.8 Å². The van der Waals surface area contributed by atoms with E-state index >= 15 is 0 Å². The van der Waals surface area contributed by atoms with Crippen molar-refractivity contribution in [2.45, 2.75) is 31.7 Å². The lowest BCUT2D eigenvalue weighted by Crippen LogP contribution is -2.15. The fraction of sp³-hybridized carbons (Fsp3) is 0.538. The van der Waals surface area contributed by atoms with Gasteiger partial charge in [0.15, 0.2) is 11.6 Å². The molecule has 2 aromatic heterocycles. The number of aliphatic hydroxyl groups excluding tert-OH is 1. The third kappa shape index (κ3) is 2.80. The number of aliphatic hydroxyl groups is 1. The zero-order chi connectivity index (χ0) is 15.0. The van der Waals surface area contributed by atoms with Crippen molar-refractivity contribution in [2.24, 2.45) is 12.8 Å². The average Bonchev–Trinajstić information content (AvgIpc) is 3.07. The third-order valence-electron chi connectivity index (χ3n) is 3.50. The maximum absolute atomic E-state index is 11.0. The first-order valence-electron chi connectivity index (χ1n) is 6.95. The summed E-state index contributed by atoms with van der Waals surface area (Å²) in [5.74, 6) is 1.00. The summed E-state index contributed by atoms with van der Waals surface area (Å²) in [4.78, 5) is 15.3. The summed E-state index contributed by atoms with van der Waals surface area (Å²) in [6.07, 6.45) is 2.36. The number of aryl methyl sites for hydroxylation is 1. The molecule has 2 aromatic rings. The van der Waals surface area contributed by atoms with Crippen molar-refractivity contribution in [3.8, 4) is 11.5 Å². The molecule has 1 fully saturated rings. The van der Waals surface area contributed by atoms with Gasteiger partial charge in [0.05, 0.1) is 19.6 Å². The topological polar surface area (TPSA) is 112 Å². The molecule has 0 saturated heterocycles. The van der Waals surface area contributed by atoms with Gasteiger partial charge in [-0.25, -0.2) is 9.67 Å². The maximum Gasteiger partial charge on any atom is 0.225 e. The van der Waals surface area contributed by atoms with Crippen LogP contribution >= 0.6 is 0 Å². The van der Waals surface area contributed by atoms with Crippen LogP contribution in [-0.2, 0) is 24.8 Å². The van der Waals surface area contributed by atoms with Crippen LogP contribution in [0.4, 0.5) is 0 Å². The summed E-state index contributed by atoms with van der Waals surface area (Å²) in [6, 6.07) is 2.00. The number of carbonyl (C=O) groups is 1. The van der Waals surface area contributed by atoms with Crippen LogP contribution < -0.4 is 5.73 Å². The van der Waals surface area contributed by atoms with Crippen molar-refractivity contribution in [3.63, 3.8) is 0 Å². The van der Waals surface area contributed by atoms with Crippen LogP contribution in [0.25, 0.3) is 11.5 Å². The quantitative estimate of drug-likeness (QED) is 0.750. The zero-order valence-corrected chi connectivity index (χ0v) is 11.9. The molecular weight excluding hydrogens is 272 g/mol. The number of nitrogens with zero attached hydrogens (tertiary/aromatic N) is 5. The van der Waals surface area contributed by atoms with Gasteiger partial charge >= 0.3 is 0 Å². The standard InChI is InChI=1S/C13H18N6O2/c1-18-10(8-2-3-8)6-9(16-18)13-15-12(7-11(14)21)17-19(13)4-5-20/h6,8,20H,2-5,7H2,1H3,(H2,14,21). The first kappa shape index (κ1) is 13.7. The van der Waals surface area contributed by atoms with E-state index in [-0.39, 0.29) is 13.0 Å². The van der Waals surface area contributed by atoms with E-state index in [0.717, 1.165) is 0 Å². The summed E-state index contributed by atoms with van der Waals surface area (Å²) < 4.78 is 3.43. The van der Waals surface area contributed by atoms with Crippen molar-refractivity contribution >= 4 is 5.91 Å². The molecule has 1 aliphatic rings. The second-order valence-electron chi connectivity index (χ2n) is 5.29. The molecule has 0 unspecified atom stereocenters. The van der Waals surface area contributed by atoms with Crippen molar-refractivity contribution < 1.29 is 9.90 Å². The van der Waals surface area contributed by atoms with E-state index in [0.29, 0.717) is 29.8 Å². The van der Waals surface area contributed by atoms with Gasteiger partial charge in [-0.2, -0.15) is 10.2 Å². The van der Waals surface area contributed by atoms with E-state index in [1.165, 1.54) is 18.5 Å². The lowest BCUT2D eigenvalue weighted by molar-refractivity contribution is -0.117. The highest BCUT2D eigenvalue weighted by molar-refractivity contribution is 5.75. The van der Waals surface area contributed by atoms with Crippen LogP contribution in [-0.4, -0.2) is 42.2 Å². The molecule has 0 spiro atoms. The molecule has 8 nitrogen and oxygen atoms in total. The van der Waals surface area contributed by atoms with Gasteiger partial charge in [-0.05, 0) is 18.9 Å². The molecule has 112 valence electrons. The number of hydrogen-bond acceptors (Lipinski definition) is 5. The number of aromatic nitrogens is 5. The molecule has 0 atom stereocenters. The van der Waals surface area contributed by atoms with Gasteiger partial charge in [-0.1, -0.05) is 0 Å². The lowest BCUT2D eigenvalue weighted by Gasteiger charge is -2.00. The molecule has 1 saturated carbocycles. The van der Waals surface area contributed by atoms with Crippen LogP contribution in [0, 0.1) is 0 Å². The van der Waals surface area contributed by atoms with Crippen LogP contribution in [0.15, 0.2) is 6.07 Å². The number of rotatable bonds is 6. The molecule has 1 aliphatic carbocycles. The molecule has 0 aromatic carbocycles. The summed E-state index contributed by atoms with van der Waals surface area (Å²) in [5, 5.41) is 17.8. The van der Waals surface area contributed by atoms with Crippen LogP contribution in [0.3, 0.4) is 0 Å². The van der Waals surface area contributed by atoms with Crippen LogP contribution in [0.2, 0.25) is 0 Å². The van der Waals surface area contributed by atoms with Crippen LogP contribution in [0.1, 0.15) is 30.3 Å². The molecule has 0 radical (unpaired) electrons. The minimum absolute atomic E-state index is 0.0201. The van der Waals surface area contributed by atoms with Gasteiger partial charge in [0.25, 0.3) is 0 Å². The molecule has 2 heterocycles. The summed E-state index contributed by atoms with van der Waals surface area (Å²) in [6.45, 7) is 0.241. The second kappa shape index (κ2) is 5.28. The van der Waals surface area contributed by atoms with Gasteiger partial charge < -0.3 is 10.8 Å². The highest BCUT2D eigenvalue weighted by Gasteiger charge is 2.28. The van der Waals surface area contributed by atoms with E-state index in [1.54, 1.807) is 4.68 Å². The lowest BCUT2D eigenvalue weighted by atomic mass is 10.2. The fourth-order valence-electron chi connectivity index (χ4n) is 2.41. The molecule has 0 bridgehead atoms. The molecule has 8 heteroatoms. The van der Waals surface area contributed by atoms with Crippen molar-refractivity contribution in [2.75, 3.05) is 6.61 Å². The van der Waals surface area contributed by atoms with Gasteiger partial charge in [-0.15, -0.1) is 0 Å². The van der Waals surface area contributed by atoms with Gasteiger partial charge in [0, 0.05) is 18.7 Å². The predicted octanol–water partition coefficient (Wildman–Crippen LogP) is -0.424. The Morgan fingerprint density at radius 1 is 1.48 bits per heavy atom. The first-order valence-corrected chi connectivity index (χ1v) is 6.95. The third-order valence-corrected chi connectivity index (χ3v) is 3.50. The minimum atomic E-state index is -0.484. The number of carbonyl (C=O) groups excluding carboxylic acids is 1. The van der Waals surface area contributed by atoms with Gasteiger partial charge in [0.1, 0.15) is 5.69 Å². The molecular formula is C13H18N6O2. The smallest absolute Gasteiger partial charge is 0.225 e. The number of nitrogens with two attached hydrogens (primary N) is 1. The Kier molecular flexibility index (Phi) is 3.46. The Morgan fingerprint density at radius 2 is 2.24 bits per heavy atom. The summed E-state index contributed by atoms with van der Waals surface area (Å²) in [7, 11) is 1.91. The molecule has 3 rings (SSSR count). The minimum Gasteiger partial charge on any atom is -0.394 e. The van der Waals surface area contributed by atoms with Crippen LogP contribution in [0.5, 0.6) is 0 Å². The Hall–Kier alpha value is -2.22. The van der Waals surface area contributed by atoms with Gasteiger partial charge in [0.2, 0.25) is 5.91 Å². The summed E-state index contributed by atoms with van der Waals surface area (Å²) in [5.41, 5.74) is 7.06. The summed E-state index contributed by atoms with van der Waals surface area (Å²) >= 11 is 0. The van der Waals surface area contributed by atoms with Crippen molar-refractivity contribution in [1.82, 2.24) is 24.5 Å². The van der Waals surface area contributed by atoms with E-state index < -0.39 is 5.91 Å². The average molecular weight is 290 g/mol.